The molecular weight excluding hydrogens is 400 g/mol. The summed E-state index contributed by atoms with van der Waals surface area (Å²) in [6, 6.07) is 14.4. The molecule has 4 rings (SSSR count). The fourth-order valence-corrected chi connectivity index (χ4v) is 4.00. The molecule has 2 aromatic heterocycles. The summed E-state index contributed by atoms with van der Waals surface area (Å²) >= 11 is 0. The summed E-state index contributed by atoms with van der Waals surface area (Å²) in [6.07, 6.45) is 7.66. The van der Waals surface area contributed by atoms with Gasteiger partial charge in [0.25, 0.3) is 0 Å². The van der Waals surface area contributed by atoms with Gasteiger partial charge in [-0.3, -0.25) is 4.99 Å². The van der Waals surface area contributed by atoms with Crippen molar-refractivity contribution in [2.75, 3.05) is 13.7 Å². The van der Waals surface area contributed by atoms with Crippen LogP contribution in [0, 0.1) is 6.92 Å². The third-order valence-electron chi connectivity index (χ3n) is 5.70. The Labute approximate surface area is 187 Å². The third kappa shape index (κ3) is 4.94. The van der Waals surface area contributed by atoms with Gasteiger partial charge in [0.2, 0.25) is 5.96 Å². The van der Waals surface area contributed by atoms with Crippen molar-refractivity contribution in [1.82, 2.24) is 15.4 Å². The second-order valence-corrected chi connectivity index (χ2v) is 7.85. The zero-order valence-electron chi connectivity index (χ0n) is 18.6. The van der Waals surface area contributed by atoms with E-state index < -0.39 is 0 Å². The number of nitrogens with two attached hydrogens (primary N) is 1. The van der Waals surface area contributed by atoms with Crippen molar-refractivity contribution < 1.29 is 4.74 Å². The molecule has 7 heteroatoms. The summed E-state index contributed by atoms with van der Waals surface area (Å²) in [5, 5.41) is 6.68. The third-order valence-corrected chi connectivity index (χ3v) is 5.70. The van der Waals surface area contributed by atoms with Gasteiger partial charge in [-0.15, -0.1) is 0 Å². The number of guanidine groups is 1. The fourth-order valence-electron chi connectivity index (χ4n) is 4.00. The first-order valence-corrected chi connectivity index (χ1v) is 10.9. The Kier molecular flexibility index (Phi) is 6.75. The molecule has 0 saturated heterocycles. The number of aromatic nitrogens is 2. The fraction of sp³-hybridized carbons (Fsp3) is 0.280. The Bertz CT molecular complexity index is 1250. The number of hydrogen-bond acceptors (Lipinski definition) is 3. The number of ether oxygens (including phenoxy) is 1. The minimum Gasteiger partial charge on any atom is -0.497 e. The lowest BCUT2D eigenvalue weighted by Crippen LogP contribution is -2.27. The highest BCUT2D eigenvalue weighted by Gasteiger charge is 2.08. The van der Waals surface area contributed by atoms with Crippen LogP contribution in [0.2, 0.25) is 0 Å². The van der Waals surface area contributed by atoms with Crippen LogP contribution >= 0.6 is 0 Å². The molecule has 0 aliphatic heterocycles. The Hall–Kier alpha value is -3.74. The minimum absolute atomic E-state index is 0.339. The van der Waals surface area contributed by atoms with Crippen molar-refractivity contribution >= 4 is 34.0 Å². The monoisotopic (exact) mass is 430 g/mol. The lowest BCUT2D eigenvalue weighted by molar-refractivity contribution is 0.415. The molecule has 0 spiro atoms. The Balaban J connectivity index is 1.23. The molecule has 0 aliphatic carbocycles. The quantitative estimate of drug-likeness (QED) is 0.137. The molecule has 0 unspecified atom stereocenters. The SMILES string of the molecule is COc1ccc2[nH]c(C)c(CC=NNC(N)=NCCCCc3c[nH]c4ccccc34)c2c1. The number of methoxy groups -OCH3 is 1. The maximum atomic E-state index is 5.94. The van der Waals surface area contributed by atoms with Crippen LogP contribution in [0.25, 0.3) is 21.8 Å². The van der Waals surface area contributed by atoms with Gasteiger partial charge in [0.05, 0.1) is 7.11 Å². The molecular formula is C25H30N6O. The molecule has 4 aromatic rings. The molecule has 2 aromatic carbocycles. The van der Waals surface area contributed by atoms with Crippen molar-refractivity contribution in [3.63, 3.8) is 0 Å². The lowest BCUT2D eigenvalue weighted by atomic mass is 10.1. The van der Waals surface area contributed by atoms with Crippen LogP contribution in [0.1, 0.15) is 29.7 Å². The normalized spacial score (nSPS) is 12.2. The van der Waals surface area contributed by atoms with E-state index in [0.717, 1.165) is 41.6 Å². The smallest absolute Gasteiger partial charge is 0.209 e. The number of H-pyrrole nitrogens is 2. The molecule has 5 N–H and O–H groups in total. The molecule has 0 bridgehead atoms. The molecule has 2 heterocycles. The highest BCUT2D eigenvalue weighted by Crippen LogP contribution is 2.26. The van der Waals surface area contributed by atoms with E-state index in [4.69, 9.17) is 10.5 Å². The number of benzene rings is 2. The first-order valence-electron chi connectivity index (χ1n) is 10.9. The topological polar surface area (TPSA) is 104 Å². The van der Waals surface area contributed by atoms with Crippen LogP contribution in [0.4, 0.5) is 0 Å². The Morgan fingerprint density at radius 2 is 2.00 bits per heavy atom. The van der Waals surface area contributed by atoms with Crippen molar-refractivity contribution in [2.24, 2.45) is 15.8 Å². The molecule has 0 aliphatic rings. The van der Waals surface area contributed by atoms with Crippen molar-refractivity contribution in [3.05, 3.63) is 65.5 Å². The van der Waals surface area contributed by atoms with Gasteiger partial charge in [-0.2, -0.15) is 5.10 Å². The average molecular weight is 431 g/mol. The summed E-state index contributed by atoms with van der Waals surface area (Å²) in [5.41, 5.74) is 14.7. The van der Waals surface area contributed by atoms with Crippen molar-refractivity contribution in [2.45, 2.75) is 32.6 Å². The number of rotatable bonds is 9. The Morgan fingerprint density at radius 3 is 2.88 bits per heavy atom. The van der Waals surface area contributed by atoms with Gasteiger partial charge in [0, 0.05) is 52.9 Å². The van der Waals surface area contributed by atoms with E-state index in [1.54, 1.807) is 7.11 Å². The van der Waals surface area contributed by atoms with Gasteiger partial charge >= 0.3 is 0 Å². The van der Waals surface area contributed by atoms with Crippen LogP contribution in [0.15, 0.2) is 58.8 Å². The standard InChI is InChI=1S/C25H30N6O/c1-17-20(22-15-19(32-2)10-11-24(22)30-17)12-14-29-31-25(26)27-13-6-5-7-18-16-28-23-9-4-3-8-21(18)23/h3-4,8-11,14-16,28,30H,5-7,12-13H2,1-2H3,(H3,26,27,31). The lowest BCUT2D eigenvalue weighted by Gasteiger charge is -2.02. The molecule has 7 nitrogen and oxygen atoms in total. The first kappa shape index (κ1) is 21.5. The summed E-state index contributed by atoms with van der Waals surface area (Å²) in [4.78, 5) is 11.1. The van der Waals surface area contributed by atoms with Crippen LogP contribution in [0.3, 0.4) is 0 Å². The van der Waals surface area contributed by atoms with E-state index in [9.17, 15) is 0 Å². The maximum Gasteiger partial charge on any atom is 0.209 e. The van der Waals surface area contributed by atoms with Crippen molar-refractivity contribution in [1.29, 1.82) is 0 Å². The largest absolute Gasteiger partial charge is 0.497 e. The van der Waals surface area contributed by atoms with Gasteiger partial charge in [0.1, 0.15) is 5.75 Å². The van der Waals surface area contributed by atoms with Gasteiger partial charge in [0.15, 0.2) is 0 Å². The van der Waals surface area contributed by atoms with E-state index in [1.807, 2.05) is 30.5 Å². The second-order valence-electron chi connectivity index (χ2n) is 7.85. The average Bonchev–Trinajstić information content (AvgIpc) is 3.36. The number of unbranched alkanes of at least 4 members (excludes halogenated alkanes) is 1. The number of para-hydroxylation sites is 1. The number of nitrogens with one attached hydrogen (secondary N) is 3. The predicted molar refractivity (Wildman–Crippen MR) is 133 cm³/mol. The highest BCUT2D eigenvalue weighted by atomic mass is 16.5. The van der Waals surface area contributed by atoms with E-state index in [2.05, 4.69) is 56.8 Å². The maximum absolute atomic E-state index is 5.94. The number of hydrazone groups is 1. The Morgan fingerprint density at radius 1 is 1.12 bits per heavy atom. The van der Waals surface area contributed by atoms with Crippen molar-refractivity contribution in [3.8, 4) is 5.75 Å². The van der Waals surface area contributed by atoms with Crippen LogP contribution in [0.5, 0.6) is 5.75 Å². The van der Waals surface area contributed by atoms with Gasteiger partial charge in [-0.25, -0.2) is 5.43 Å². The van der Waals surface area contributed by atoms with Gasteiger partial charge < -0.3 is 20.4 Å². The molecule has 166 valence electrons. The number of nitrogens with zero attached hydrogens (tertiary/aromatic N) is 2. The summed E-state index contributed by atoms with van der Waals surface area (Å²) < 4.78 is 5.34. The zero-order chi connectivity index (χ0) is 22.3. The van der Waals surface area contributed by atoms with E-state index >= 15 is 0 Å². The van der Waals surface area contributed by atoms with Crippen LogP contribution in [-0.2, 0) is 12.8 Å². The molecule has 0 fully saturated rings. The predicted octanol–water partition coefficient (Wildman–Crippen LogP) is 4.42. The molecule has 0 saturated carbocycles. The number of aryl methyl sites for hydroxylation is 2. The highest BCUT2D eigenvalue weighted by molar-refractivity contribution is 5.88. The van der Waals surface area contributed by atoms with Crippen LogP contribution < -0.4 is 15.9 Å². The van der Waals surface area contributed by atoms with E-state index in [1.165, 1.54) is 22.0 Å². The number of aliphatic imine (C=N–C) groups is 1. The molecule has 0 amide bonds. The van der Waals surface area contributed by atoms with E-state index in [-0.39, 0.29) is 0 Å². The number of fused-ring (bicyclic) bond motifs is 2. The van der Waals surface area contributed by atoms with Gasteiger partial charge in [-0.1, -0.05) is 18.2 Å². The summed E-state index contributed by atoms with van der Waals surface area (Å²) in [6.45, 7) is 2.74. The second kappa shape index (κ2) is 10.0. The van der Waals surface area contributed by atoms with Gasteiger partial charge in [-0.05, 0) is 61.6 Å². The summed E-state index contributed by atoms with van der Waals surface area (Å²) in [7, 11) is 1.68. The number of aromatic amines is 2. The molecule has 0 radical (unpaired) electrons. The zero-order valence-corrected chi connectivity index (χ0v) is 18.6. The van der Waals surface area contributed by atoms with Crippen LogP contribution in [-0.4, -0.2) is 35.8 Å². The number of hydrogen-bond donors (Lipinski definition) is 4. The molecule has 0 atom stereocenters. The summed E-state index contributed by atoms with van der Waals surface area (Å²) in [5.74, 6) is 1.18. The van der Waals surface area contributed by atoms with E-state index in [0.29, 0.717) is 18.9 Å². The minimum atomic E-state index is 0.339. The molecule has 32 heavy (non-hydrogen) atoms. The first-order chi connectivity index (χ1) is 15.7.